The molecule has 0 aliphatic carbocycles. The number of hydrogen-bond acceptors (Lipinski definition) is 8. The number of benzene rings is 2. The number of aliphatic hydroxyl groups excluding tert-OH is 1. The molecule has 4 atom stereocenters. The Labute approximate surface area is 212 Å². The smallest absolute Gasteiger partial charge is 0.338 e. The summed E-state index contributed by atoms with van der Waals surface area (Å²) >= 11 is 2.88. The molecule has 2 aromatic carbocycles. The Morgan fingerprint density at radius 3 is 2.54 bits per heavy atom. The molecular formula is C26H26N2O5S2. The van der Waals surface area contributed by atoms with Gasteiger partial charge in [-0.2, -0.15) is 0 Å². The average Bonchev–Trinajstić information content (AvgIpc) is 3.35. The molecule has 3 aliphatic heterocycles. The van der Waals surface area contributed by atoms with Crippen molar-refractivity contribution in [3.63, 3.8) is 0 Å². The third-order valence-corrected chi connectivity index (χ3v) is 9.66. The van der Waals surface area contributed by atoms with E-state index in [9.17, 15) is 14.7 Å². The first-order valence-corrected chi connectivity index (χ1v) is 13.3. The van der Waals surface area contributed by atoms with Crippen LogP contribution in [0.25, 0.3) is 0 Å². The van der Waals surface area contributed by atoms with Crippen LogP contribution in [0.15, 0.2) is 70.9 Å². The van der Waals surface area contributed by atoms with Crippen molar-refractivity contribution in [2.24, 2.45) is 4.99 Å². The summed E-state index contributed by atoms with van der Waals surface area (Å²) in [5.41, 5.74) is 2.54. The van der Waals surface area contributed by atoms with Crippen LogP contribution in [0.5, 0.6) is 5.75 Å². The van der Waals surface area contributed by atoms with Crippen molar-refractivity contribution < 1.29 is 24.2 Å². The van der Waals surface area contributed by atoms with Crippen LogP contribution in [0.3, 0.4) is 0 Å². The number of rotatable bonds is 5. The first kappa shape index (κ1) is 24.0. The Morgan fingerprint density at radius 1 is 1.17 bits per heavy atom. The molecule has 9 heteroatoms. The maximum absolute atomic E-state index is 14.3. The number of carbonyl (C=O) groups is 2. The van der Waals surface area contributed by atoms with Gasteiger partial charge in [0.05, 0.1) is 42.4 Å². The first-order valence-electron chi connectivity index (χ1n) is 11.4. The van der Waals surface area contributed by atoms with Gasteiger partial charge < -0.3 is 14.6 Å². The van der Waals surface area contributed by atoms with Crippen LogP contribution in [-0.2, 0) is 14.3 Å². The number of amidine groups is 1. The fourth-order valence-corrected chi connectivity index (χ4v) is 8.25. The second-order valence-corrected chi connectivity index (χ2v) is 10.9. The number of hydrogen-bond donors (Lipinski definition) is 1. The maximum atomic E-state index is 14.3. The Hall–Kier alpha value is -2.75. The highest BCUT2D eigenvalue weighted by Gasteiger charge is 2.66. The summed E-state index contributed by atoms with van der Waals surface area (Å²) in [5, 5.41) is 11.4. The number of esters is 1. The fraction of sp³-hybridized carbons (Fsp3) is 0.346. The number of aliphatic imine (C=N–C) groups is 1. The predicted octanol–water partition coefficient (Wildman–Crippen LogP) is 4.11. The molecule has 1 spiro atoms. The number of amides is 1. The molecule has 0 bridgehead atoms. The van der Waals surface area contributed by atoms with Gasteiger partial charge in [-0.3, -0.25) is 9.69 Å². The summed E-state index contributed by atoms with van der Waals surface area (Å²) in [7, 11) is 1.59. The lowest BCUT2D eigenvalue weighted by Gasteiger charge is -2.34. The molecule has 1 amide bonds. The topological polar surface area (TPSA) is 88.4 Å². The summed E-state index contributed by atoms with van der Waals surface area (Å²) in [4.78, 5) is 33.7. The van der Waals surface area contributed by atoms with Crippen LogP contribution in [0.2, 0.25) is 0 Å². The molecule has 4 unspecified atom stereocenters. The standard InChI is InChI=1S/C26H26N2O5S2/c1-4-33-23(30)20-15(2)27-25-28(21(20)16-10-12-18(32-3)13-11-16)24(31)26(35-25)19(29)14-34-22(26)17-8-6-5-7-9-17/h5-13,19,21-22,29H,4,14H2,1-3H3. The van der Waals surface area contributed by atoms with E-state index in [2.05, 4.69) is 4.99 Å². The molecule has 7 nitrogen and oxygen atoms in total. The van der Waals surface area contributed by atoms with Gasteiger partial charge in [-0.25, -0.2) is 9.79 Å². The largest absolute Gasteiger partial charge is 0.497 e. The van der Waals surface area contributed by atoms with E-state index in [-0.39, 0.29) is 17.8 Å². The van der Waals surface area contributed by atoms with Crippen LogP contribution in [0.1, 0.15) is 36.3 Å². The average molecular weight is 511 g/mol. The normalized spacial score (nSPS) is 27.8. The molecule has 0 saturated carbocycles. The number of ether oxygens (including phenoxy) is 2. The molecule has 2 aromatic rings. The van der Waals surface area contributed by atoms with Crippen LogP contribution in [0, 0.1) is 0 Å². The fourth-order valence-electron chi connectivity index (χ4n) is 4.88. The Kier molecular flexibility index (Phi) is 6.41. The van der Waals surface area contributed by atoms with Gasteiger partial charge in [0, 0.05) is 5.75 Å². The van der Waals surface area contributed by atoms with Crippen molar-refractivity contribution >= 4 is 40.6 Å². The Bertz CT molecular complexity index is 1210. The molecule has 2 saturated heterocycles. The quantitative estimate of drug-likeness (QED) is 0.606. The van der Waals surface area contributed by atoms with E-state index >= 15 is 0 Å². The van der Waals surface area contributed by atoms with Crippen LogP contribution in [-0.4, -0.2) is 57.4 Å². The molecule has 1 N–H and O–H groups in total. The molecule has 35 heavy (non-hydrogen) atoms. The van der Waals surface area contributed by atoms with Gasteiger partial charge in [0.15, 0.2) is 5.17 Å². The van der Waals surface area contributed by atoms with E-state index in [0.717, 1.165) is 11.1 Å². The molecule has 0 aromatic heterocycles. The lowest BCUT2D eigenvalue weighted by molar-refractivity contribution is -0.140. The maximum Gasteiger partial charge on any atom is 0.338 e. The van der Waals surface area contributed by atoms with E-state index in [1.54, 1.807) is 49.8 Å². The van der Waals surface area contributed by atoms with Gasteiger partial charge in [0.1, 0.15) is 10.5 Å². The van der Waals surface area contributed by atoms with Gasteiger partial charge in [-0.1, -0.05) is 54.2 Å². The lowest BCUT2D eigenvalue weighted by atomic mass is 9.89. The van der Waals surface area contributed by atoms with E-state index in [1.165, 1.54) is 11.8 Å². The molecule has 3 heterocycles. The monoisotopic (exact) mass is 510 g/mol. The molecule has 3 aliphatic rings. The van der Waals surface area contributed by atoms with E-state index in [4.69, 9.17) is 9.47 Å². The van der Waals surface area contributed by atoms with Crippen molar-refractivity contribution in [3.05, 3.63) is 77.0 Å². The third kappa shape index (κ3) is 3.77. The predicted molar refractivity (Wildman–Crippen MR) is 137 cm³/mol. The van der Waals surface area contributed by atoms with Crippen molar-refractivity contribution in [1.29, 1.82) is 0 Å². The minimum absolute atomic E-state index is 0.208. The molecule has 2 fully saturated rings. The number of thioether (sulfide) groups is 2. The molecular weight excluding hydrogens is 484 g/mol. The number of methoxy groups -OCH3 is 1. The second kappa shape index (κ2) is 9.37. The van der Waals surface area contributed by atoms with E-state index in [0.29, 0.717) is 27.9 Å². The highest BCUT2D eigenvalue weighted by Crippen LogP contribution is 2.61. The zero-order valence-electron chi connectivity index (χ0n) is 19.6. The van der Waals surface area contributed by atoms with E-state index < -0.39 is 22.9 Å². The minimum atomic E-state index is -1.14. The number of carbonyl (C=O) groups excluding carboxylic acids is 2. The number of nitrogens with zero attached hydrogens (tertiary/aromatic N) is 2. The van der Waals surface area contributed by atoms with Gasteiger partial charge >= 0.3 is 5.97 Å². The highest BCUT2D eigenvalue weighted by atomic mass is 32.2. The second-order valence-electron chi connectivity index (χ2n) is 8.50. The van der Waals surface area contributed by atoms with Crippen molar-refractivity contribution in [3.8, 4) is 5.75 Å². The summed E-state index contributed by atoms with van der Waals surface area (Å²) in [6.07, 6.45) is -0.869. The summed E-state index contributed by atoms with van der Waals surface area (Å²) < 4.78 is 9.54. The number of fused-ring (bicyclic) bond motifs is 1. The Morgan fingerprint density at radius 2 is 1.89 bits per heavy atom. The van der Waals surface area contributed by atoms with Crippen LogP contribution in [0.4, 0.5) is 0 Å². The number of aliphatic hydroxyl groups is 1. The molecule has 0 radical (unpaired) electrons. The minimum Gasteiger partial charge on any atom is -0.497 e. The van der Waals surface area contributed by atoms with Crippen molar-refractivity contribution in [2.45, 2.75) is 36.0 Å². The first-order chi connectivity index (χ1) is 16.9. The van der Waals surface area contributed by atoms with E-state index in [1.807, 2.05) is 42.5 Å². The van der Waals surface area contributed by atoms with Gasteiger partial charge in [0.25, 0.3) is 0 Å². The van der Waals surface area contributed by atoms with Gasteiger partial charge in [-0.15, -0.1) is 11.8 Å². The molecule has 5 rings (SSSR count). The SMILES string of the molecule is CCOC(=O)C1=C(C)N=C2SC3(C(=O)N2C1c1ccc(OC)cc1)C(O)CSC3c1ccccc1. The van der Waals surface area contributed by atoms with Gasteiger partial charge in [-0.05, 0) is 37.1 Å². The summed E-state index contributed by atoms with van der Waals surface area (Å²) in [6.45, 7) is 3.72. The van der Waals surface area contributed by atoms with Crippen molar-refractivity contribution in [1.82, 2.24) is 4.90 Å². The van der Waals surface area contributed by atoms with Gasteiger partial charge in [0.2, 0.25) is 5.91 Å². The highest BCUT2D eigenvalue weighted by molar-refractivity contribution is 8.17. The zero-order chi connectivity index (χ0) is 24.7. The zero-order valence-corrected chi connectivity index (χ0v) is 21.3. The van der Waals surface area contributed by atoms with Crippen LogP contribution < -0.4 is 4.74 Å². The lowest BCUT2D eigenvalue weighted by Crippen LogP contribution is -2.50. The Balaban J connectivity index is 1.64. The third-order valence-electron chi connectivity index (χ3n) is 6.54. The summed E-state index contributed by atoms with van der Waals surface area (Å²) in [5.74, 6) is 0.349. The van der Waals surface area contributed by atoms with Crippen molar-refractivity contribution in [2.75, 3.05) is 19.5 Å². The van der Waals surface area contributed by atoms with Crippen LogP contribution >= 0.6 is 23.5 Å². The number of allylic oxidation sites excluding steroid dienone is 1. The summed E-state index contributed by atoms with van der Waals surface area (Å²) in [6, 6.07) is 16.3. The molecule has 182 valence electrons.